The fourth-order valence-electron chi connectivity index (χ4n) is 2.34. The fraction of sp³-hybridized carbons (Fsp3) is 0.235. The highest BCUT2D eigenvalue weighted by Gasteiger charge is 2.12. The Balaban J connectivity index is 2.14. The maximum Gasteiger partial charge on any atom is 0.136 e. The lowest BCUT2D eigenvalue weighted by Crippen LogP contribution is -2.06. The van der Waals surface area contributed by atoms with Crippen LogP contribution in [0.1, 0.15) is 30.8 Å². The number of rotatable bonds is 3. The molecule has 2 heterocycles. The highest BCUT2D eigenvalue weighted by molar-refractivity contribution is 5.92. The zero-order valence-electron chi connectivity index (χ0n) is 11.8. The molecule has 0 aliphatic rings. The number of fused-ring (bicyclic) bond motifs is 1. The van der Waals surface area contributed by atoms with E-state index in [4.69, 9.17) is 10.2 Å². The molecule has 20 heavy (non-hydrogen) atoms. The van der Waals surface area contributed by atoms with Gasteiger partial charge >= 0.3 is 0 Å². The van der Waals surface area contributed by atoms with Crippen LogP contribution in [0.5, 0.6) is 0 Å². The van der Waals surface area contributed by atoms with Crippen molar-refractivity contribution >= 4 is 10.9 Å². The van der Waals surface area contributed by atoms with Gasteiger partial charge in [0.05, 0.1) is 11.6 Å². The molecule has 1 atom stereocenters. The number of furan rings is 1. The first-order chi connectivity index (χ1) is 9.69. The van der Waals surface area contributed by atoms with Gasteiger partial charge in [-0.3, -0.25) is 4.98 Å². The first-order valence-corrected chi connectivity index (χ1v) is 6.91. The summed E-state index contributed by atoms with van der Waals surface area (Å²) in [6.45, 7) is 4.05. The first kappa shape index (κ1) is 12.9. The van der Waals surface area contributed by atoms with E-state index in [0.717, 1.165) is 40.1 Å². The van der Waals surface area contributed by atoms with Gasteiger partial charge in [-0.2, -0.15) is 0 Å². The predicted octanol–water partition coefficient (Wildman–Crippen LogP) is 4.21. The average Bonchev–Trinajstić information content (AvgIpc) is 2.95. The molecule has 2 N–H and O–H groups in total. The minimum Gasteiger partial charge on any atom is -0.459 e. The molecule has 0 bridgehead atoms. The van der Waals surface area contributed by atoms with Crippen LogP contribution in [0.2, 0.25) is 0 Å². The van der Waals surface area contributed by atoms with Crippen molar-refractivity contribution in [2.24, 2.45) is 5.73 Å². The van der Waals surface area contributed by atoms with E-state index in [9.17, 15) is 0 Å². The molecule has 0 aliphatic carbocycles. The highest BCUT2D eigenvalue weighted by atomic mass is 16.3. The molecule has 102 valence electrons. The number of aryl methyl sites for hydroxylation is 1. The molecule has 0 spiro atoms. The summed E-state index contributed by atoms with van der Waals surface area (Å²) in [5.41, 5.74) is 9.00. The van der Waals surface area contributed by atoms with Gasteiger partial charge in [0.2, 0.25) is 0 Å². The van der Waals surface area contributed by atoms with Gasteiger partial charge in [0.15, 0.2) is 0 Å². The molecule has 1 unspecified atom stereocenters. The largest absolute Gasteiger partial charge is 0.459 e. The lowest BCUT2D eigenvalue weighted by molar-refractivity contribution is 0.470. The van der Waals surface area contributed by atoms with Crippen molar-refractivity contribution in [3.8, 4) is 11.3 Å². The molecular weight excluding hydrogens is 248 g/mol. The molecule has 2 aromatic heterocycles. The first-order valence-electron chi connectivity index (χ1n) is 6.91. The Labute approximate surface area is 118 Å². The van der Waals surface area contributed by atoms with Crippen LogP contribution in [0.3, 0.4) is 0 Å². The van der Waals surface area contributed by atoms with Crippen LogP contribution in [-0.2, 0) is 0 Å². The summed E-state index contributed by atoms with van der Waals surface area (Å²) in [5, 5.41) is 1.12. The summed E-state index contributed by atoms with van der Waals surface area (Å²) >= 11 is 0. The number of nitrogens with zero attached hydrogens (tertiary/aromatic N) is 1. The number of benzene rings is 1. The van der Waals surface area contributed by atoms with Crippen molar-refractivity contribution in [2.75, 3.05) is 0 Å². The van der Waals surface area contributed by atoms with Gasteiger partial charge in [-0.25, -0.2) is 0 Å². The van der Waals surface area contributed by atoms with Crippen LogP contribution in [0.4, 0.5) is 0 Å². The summed E-state index contributed by atoms with van der Waals surface area (Å²) < 4.78 is 5.91. The van der Waals surface area contributed by atoms with E-state index in [1.54, 1.807) is 0 Å². The van der Waals surface area contributed by atoms with Crippen molar-refractivity contribution in [1.29, 1.82) is 0 Å². The minimum absolute atomic E-state index is 0.0478. The van der Waals surface area contributed by atoms with Gasteiger partial charge in [0.25, 0.3) is 0 Å². The van der Waals surface area contributed by atoms with Gasteiger partial charge in [0, 0.05) is 16.6 Å². The second-order valence-corrected chi connectivity index (χ2v) is 5.05. The van der Waals surface area contributed by atoms with Crippen LogP contribution in [0.15, 0.2) is 46.9 Å². The van der Waals surface area contributed by atoms with Crippen molar-refractivity contribution in [2.45, 2.75) is 26.3 Å². The topological polar surface area (TPSA) is 52.0 Å². The Morgan fingerprint density at radius 1 is 1.15 bits per heavy atom. The van der Waals surface area contributed by atoms with E-state index < -0.39 is 0 Å². The Morgan fingerprint density at radius 3 is 2.80 bits per heavy atom. The van der Waals surface area contributed by atoms with Crippen molar-refractivity contribution in [3.05, 3.63) is 53.9 Å². The Morgan fingerprint density at radius 2 is 2.00 bits per heavy atom. The monoisotopic (exact) mass is 266 g/mol. The number of aromatic nitrogens is 1. The van der Waals surface area contributed by atoms with Crippen LogP contribution in [0, 0.1) is 6.92 Å². The molecular formula is C17H18N2O. The third kappa shape index (κ3) is 2.21. The molecule has 3 rings (SSSR count). The van der Waals surface area contributed by atoms with E-state index >= 15 is 0 Å². The fourth-order valence-corrected chi connectivity index (χ4v) is 2.34. The SMILES string of the molecule is CCC(N)c1ccc(-c2cccc3ccc(C)nc23)o1. The van der Waals surface area contributed by atoms with Crippen LogP contribution in [-0.4, -0.2) is 4.98 Å². The number of pyridine rings is 1. The summed E-state index contributed by atoms with van der Waals surface area (Å²) in [4.78, 5) is 4.64. The lowest BCUT2D eigenvalue weighted by atomic mass is 10.1. The van der Waals surface area contributed by atoms with Gasteiger partial charge < -0.3 is 10.2 Å². The summed E-state index contributed by atoms with van der Waals surface area (Å²) in [7, 11) is 0. The maximum atomic E-state index is 6.01. The van der Waals surface area contributed by atoms with E-state index in [2.05, 4.69) is 24.0 Å². The zero-order valence-corrected chi connectivity index (χ0v) is 11.8. The lowest BCUT2D eigenvalue weighted by Gasteiger charge is -2.06. The second kappa shape index (κ2) is 5.10. The van der Waals surface area contributed by atoms with E-state index in [0.29, 0.717) is 0 Å². The van der Waals surface area contributed by atoms with Gasteiger partial charge in [-0.15, -0.1) is 0 Å². The van der Waals surface area contributed by atoms with Crippen molar-refractivity contribution in [1.82, 2.24) is 4.98 Å². The summed E-state index contributed by atoms with van der Waals surface area (Å²) in [6, 6.07) is 14.1. The standard InChI is InChI=1S/C17H18N2O/c1-3-14(18)16-10-9-15(20-16)13-6-4-5-12-8-7-11(2)19-17(12)13/h4-10,14H,3,18H2,1-2H3. The molecule has 0 radical (unpaired) electrons. The highest BCUT2D eigenvalue weighted by Crippen LogP contribution is 2.30. The van der Waals surface area contributed by atoms with Crippen molar-refractivity contribution < 1.29 is 4.42 Å². The molecule has 0 amide bonds. The Bertz CT molecular complexity index is 746. The number of hydrogen-bond donors (Lipinski definition) is 1. The van der Waals surface area contributed by atoms with E-state index in [-0.39, 0.29) is 6.04 Å². The number of nitrogens with two attached hydrogens (primary N) is 1. The predicted molar refractivity (Wildman–Crippen MR) is 81.4 cm³/mol. The van der Waals surface area contributed by atoms with Crippen LogP contribution < -0.4 is 5.73 Å². The summed E-state index contributed by atoms with van der Waals surface area (Å²) in [6.07, 6.45) is 0.861. The van der Waals surface area contributed by atoms with Gasteiger partial charge in [-0.1, -0.05) is 25.1 Å². The number of para-hydroxylation sites is 1. The smallest absolute Gasteiger partial charge is 0.136 e. The third-order valence-corrected chi connectivity index (χ3v) is 3.56. The molecule has 1 aromatic carbocycles. The number of hydrogen-bond acceptors (Lipinski definition) is 3. The van der Waals surface area contributed by atoms with E-state index in [1.807, 2.05) is 37.3 Å². The molecule has 3 heteroatoms. The van der Waals surface area contributed by atoms with Crippen LogP contribution >= 0.6 is 0 Å². The molecule has 0 saturated carbocycles. The zero-order chi connectivity index (χ0) is 14.1. The Hall–Kier alpha value is -2.13. The quantitative estimate of drug-likeness (QED) is 0.772. The van der Waals surface area contributed by atoms with E-state index in [1.165, 1.54) is 0 Å². The molecule has 0 saturated heterocycles. The maximum absolute atomic E-state index is 6.01. The summed E-state index contributed by atoms with van der Waals surface area (Å²) in [5.74, 6) is 1.65. The average molecular weight is 266 g/mol. The van der Waals surface area contributed by atoms with Crippen molar-refractivity contribution in [3.63, 3.8) is 0 Å². The molecule has 0 aliphatic heterocycles. The van der Waals surface area contributed by atoms with Crippen LogP contribution in [0.25, 0.3) is 22.2 Å². The van der Waals surface area contributed by atoms with Gasteiger partial charge in [-0.05, 0) is 37.6 Å². The normalized spacial score (nSPS) is 12.8. The molecule has 0 fully saturated rings. The molecule has 3 nitrogen and oxygen atoms in total. The Kier molecular flexibility index (Phi) is 3.28. The van der Waals surface area contributed by atoms with Gasteiger partial charge in [0.1, 0.15) is 11.5 Å². The second-order valence-electron chi connectivity index (χ2n) is 5.05. The molecule has 3 aromatic rings. The minimum atomic E-state index is -0.0478. The third-order valence-electron chi connectivity index (χ3n) is 3.56.